The Morgan fingerprint density at radius 3 is 2.70 bits per heavy atom. The van der Waals surface area contributed by atoms with Gasteiger partial charge in [-0.1, -0.05) is 24.3 Å². The van der Waals surface area contributed by atoms with Crippen LogP contribution in [-0.2, 0) is 13.1 Å². The standard InChI is InChI=1S/C19H19F3N4O2S.HI/c1-2-23-18(24-10-13-6-3-4-7-15(13)28-19(20,21)22)25-11-14-12-27-17(26-14)16-8-5-9-29-16;/h3-9,12H,2,10-11H2,1H3,(H2,23,24,25);1H. The van der Waals surface area contributed by atoms with Gasteiger partial charge in [0, 0.05) is 12.1 Å². The van der Waals surface area contributed by atoms with Gasteiger partial charge >= 0.3 is 6.36 Å². The molecule has 0 fully saturated rings. The molecule has 1 aromatic carbocycles. The number of alkyl halides is 3. The normalized spacial score (nSPS) is 11.7. The van der Waals surface area contributed by atoms with Crippen LogP contribution in [0.5, 0.6) is 5.75 Å². The molecule has 6 nitrogen and oxygen atoms in total. The predicted molar refractivity (Wildman–Crippen MR) is 120 cm³/mol. The van der Waals surface area contributed by atoms with Gasteiger partial charge in [0.15, 0.2) is 5.96 Å². The van der Waals surface area contributed by atoms with E-state index in [0.717, 1.165) is 4.88 Å². The minimum Gasteiger partial charge on any atom is -0.443 e. The molecule has 30 heavy (non-hydrogen) atoms. The second-order valence-corrected chi connectivity index (χ2v) is 6.77. The van der Waals surface area contributed by atoms with Crippen molar-refractivity contribution in [2.75, 3.05) is 6.54 Å². The van der Waals surface area contributed by atoms with Crippen LogP contribution >= 0.6 is 35.3 Å². The lowest BCUT2D eigenvalue weighted by molar-refractivity contribution is -0.274. The number of halogens is 4. The summed E-state index contributed by atoms with van der Waals surface area (Å²) >= 11 is 1.53. The van der Waals surface area contributed by atoms with Gasteiger partial charge in [0.05, 0.1) is 23.7 Å². The van der Waals surface area contributed by atoms with E-state index in [0.29, 0.717) is 36.2 Å². The largest absolute Gasteiger partial charge is 0.573 e. The highest BCUT2D eigenvalue weighted by Crippen LogP contribution is 2.26. The second-order valence-electron chi connectivity index (χ2n) is 5.83. The number of hydrogen-bond donors (Lipinski definition) is 2. The molecule has 0 saturated carbocycles. The summed E-state index contributed by atoms with van der Waals surface area (Å²) in [6.07, 6.45) is -3.20. The number of nitrogens with one attached hydrogen (secondary N) is 2. The van der Waals surface area contributed by atoms with Gasteiger partial charge in [0.25, 0.3) is 0 Å². The minimum absolute atomic E-state index is 0. The van der Waals surface area contributed by atoms with Crippen molar-refractivity contribution in [3.05, 3.63) is 59.3 Å². The molecular formula is C19H20F3IN4O2S. The van der Waals surface area contributed by atoms with Gasteiger partial charge in [-0.05, 0) is 24.4 Å². The molecule has 2 aromatic heterocycles. The van der Waals surface area contributed by atoms with Crippen molar-refractivity contribution in [3.8, 4) is 16.5 Å². The van der Waals surface area contributed by atoms with Crippen molar-refractivity contribution in [2.45, 2.75) is 26.4 Å². The fraction of sp³-hybridized carbons (Fsp3) is 0.263. The van der Waals surface area contributed by atoms with Crippen molar-refractivity contribution in [1.82, 2.24) is 15.6 Å². The summed E-state index contributed by atoms with van der Waals surface area (Å²) in [5.74, 6) is 0.712. The highest BCUT2D eigenvalue weighted by atomic mass is 127. The molecule has 0 atom stereocenters. The summed E-state index contributed by atoms with van der Waals surface area (Å²) in [5, 5.41) is 8.07. The van der Waals surface area contributed by atoms with E-state index in [1.807, 2.05) is 24.4 Å². The maximum Gasteiger partial charge on any atom is 0.573 e. The van der Waals surface area contributed by atoms with E-state index in [4.69, 9.17) is 4.42 Å². The number of guanidine groups is 1. The van der Waals surface area contributed by atoms with Gasteiger partial charge < -0.3 is 19.8 Å². The van der Waals surface area contributed by atoms with Crippen LogP contribution in [0.25, 0.3) is 10.8 Å². The van der Waals surface area contributed by atoms with Gasteiger partial charge in [-0.15, -0.1) is 48.5 Å². The van der Waals surface area contributed by atoms with Crippen molar-refractivity contribution in [1.29, 1.82) is 0 Å². The van der Waals surface area contributed by atoms with Gasteiger partial charge in [-0.3, -0.25) is 0 Å². The molecule has 0 aliphatic rings. The number of aliphatic imine (C=N–C) groups is 1. The maximum absolute atomic E-state index is 12.6. The van der Waals surface area contributed by atoms with Crippen LogP contribution in [0, 0.1) is 0 Å². The lowest BCUT2D eigenvalue weighted by atomic mass is 10.2. The van der Waals surface area contributed by atoms with Crippen LogP contribution in [0.4, 0.5) is 13.2 Å². The van der Waals surface area contributed by atoms with Crippen molar-refractivity contribution in [3.63, 3.8) is 0 Å². The number of nitrogens with zero attached hydrogens (tertiary/aromatic N) is 2. The average molecular weight is 552 g/mol. The Hall–Kier alpha value is -2.28. The first-order chi connectivity index (χ1) is 13.9. The number of para-hydroxylation sites is 1. The summed E-state index contributed by atoms with van der Waals surface area (Å²) in [4.78, 5) is 9.68. The van der Waals surface area contributed by atoms with E-state index in [1.165, 1.54) is 23.5 Å². The molecule has 0 spiro atoms. The Bertz CT molecular complexity index is 945. The second kappa shape index (κ2) is 11.2. The third-order valence-electron chi connectivity index (χ3n) is 3.67. The molecule has 3 rings (SSSR count). The summed E-state index contributed by atoms with van der Waals surface area (Å²) in [6.45, 7) is 2.84. The number of thiophene rings is 1. The first kappa shape index (κ1) is 24.0. The van der Waals surface area contributed by atoms with Crippen molar-refractivity contribution in [2.24, 2.45) is 4.99 Å². The maximum atomic E-state index is 12.6. The highest BCUT2D eigenvalue weighted by molar-refractivity contribution is 14.0. The van der Waals surface area contributed by atoms with Gasteiger partial charge in [-0.25, -0.2) is 9.98 Å². The Labute approximate surface area is 192 Å². The van der Waals surface area contributed by atoms with Crippen molar-refractivity contribution >= 4 is 41.3 Å². The number of rotatable bonds is 7. The molecule has 2 heterocycles. The van der Waals surface area contributed by atoms with E-state index in [2.05, 4.69) is 25.3 Å². The Morgan fingerprint density at radius 2 is 2.00 bits per heavy atom. The number of benzene rings is 1. The minimum atomic E-state index is -4.75. The predicted octanol–water partition coefficient (Wildman–Crippen LogP) is 5.18. The fourth-order valence-electron chi connectivity index (χ4n) is 2.44. The molecule has 0 saturated heterocycles. The quantitative estimate of drug-likeness (QED) is 0.240. The molecule has 2 N–H and O–H groups in total. The molecule has 0 radical (unpaired) electrons. The van der Waals surface area contributed by atoms with E-state index in [1.54, 1.807) is 18.4 Å². The topological polar surface area (TPSA) is 71.7 Å². The molecule has 0 aliphatic heterocycles. The van der Waals surface area contributed by atoms with Gasteiger partial charge in [-0.2, -0.15) is 0 Å². The van der Waals surface area contributed by atoms with E-state index < -0.39 is 6.36 Å². The summed E-state index contributed by atoms with van der Waals surface area (Å²) < 4.78 is 47.2. The van der Waals surface area contributed by atoms with Crippen LogP contribution in [0.15, 0.2) is 57.5 Å². The lowest BCUT2D eigenvalue weighted by Crippen LogP contribution is -2.36. The van der Waals surface area contributed by atoms with Crippen molar-refractivity contribution < 1.29 is 22.3 Å². The third-order valence-corrected chi connectivity index (χ3v) is 4.53. The third kappa shape index (κ3) is 7.20. The summed E-state index contributed by atoms with van der Waals surface area (Å²) in [7, 11) is 0. The molecule has 162 valence electrons. The number of oxazole rings is 1. The van der Waals surface area contributed by atoms with Crippen LogP contribution in [0.3, 0.4) is 0 Å². The number of ether oxygens (including phenoxy) is 1. The zero-order chi connectivity index (χ0) is 20.7. The van der Waals surface area contributed by atoms with E-state index >= 15 is 0 Å². The Morgan fingerprint density at radius 1 is 1.20 bits per heavy atom. The van der Waals surface area contributed by atoms with Crippen LogP contribution in [0.1, 0.15) is 18.2 Å². The molecule has 11 heteroatoms. The van der Waals surface area contributed by atoms with E-state index in [-0.39, 0.29) is 36.3 Å². The smallest absolute Gasteiger partial charge is 0.443 e. The number of aromatic nitrogens is 1. The van der Waals surface area contributed by atoms with Crippen LogP contribution < -0.4 is 15.4 Å². The van der Waals surface area contributed by atoms with Gasteiger partial charge in [0.2, 0.25) is 5.89 Å². The fourth-order valence-corrected chi connectivity index (χ4v) is 3.10. The molecule has 0 amide bonds. The van der Waals surface area contributed by atoms with Crippen LogP contribution in [0.2, 0.25) is 0 Å². The molecular weight excluding hydrogens is 532 g/mol. The monoisotopic (exact) mass is 552 g/mol. The number of hydrogen-bond acceptors (Lipinski definition) is 5. The first-order valence-corrected chi connectivity index (χ1v) is 9.66. The Kier molecular flexibility index (Phi) is 8.96. The SMILES string of the molecule is CCNC(=NCc1ccccc1OC(F)(F)F)NCc1coc(-c2cccs2)n1.I. The molecule has 0 aliphatic carbocycles. The Balaban J connectivity index is 0.00000320. The molecule has 3 aromatic rings. The average Bonchev–Trinajstić information content (AvgIpc) is 3.35. The lowest BCUT2D eigenvalue weighted by Gasteiger charge is -2.13. The summed E-state index contributed by atoms with van der Waals surface area (Å²) in [5.41, 5.74) is 1.00. The van der Waals surface area contributed by atoms with E-state index in [9.17, 15) is 13.2 Å². The highest BCUT2D eigenvalue weighted by Gasteiger charge is 2.31. The molecule has 0 bridgehead atoms. The molecule has 0 unspecified atom stereocenters. The van der Waals surface area contributed by atoms with Crippen LogP contribution in [-0.4, -0.2) is 23.9 Å². The zero-order valence-electron chi connectivity index (χ0n) is 15.9. The zero-order valence-corrected chi connectivity index (χ0v) is 19.0. The summed E-state index contributed by atoms with van der Waals surface area (Å²) in [6, 6.07) is 9.75. The first-order valence-electron chi connectivity index (χ1n) is 8.78. The van der Waals surface area contributed by atoms with Gasteiger partial charge in [0.1, 0.15) is 12.0 Å².